The van der Waals surface area contributed by atoms with E-state index in [-0.39, 0.29) is 11.3 Å². The lowest BCUT2D eigenvalue weighted by atomic mass is 9.79. The minimum Gasteiger partial charge on any atom is -0.309 e. The molecule has 0 radical (unpaired) electrons. The molecule has 1 aliphatic rings. The summed E-state index contributed by atoms with van der Waals surface area (Å²) >= 11 is 0. The molecule has 0 saturated carbocycles. The molecule has 1 unspecified atom stereocenters. The predicted molar refractivity (Wildman–Crippen MR) is 263 cm³/mol. The Balaban J connectivity index is 1.01. The number of benzene rings is 9. The van der Waals surface area contributed by atoms with Crippen LogP contribution < -0.4 is 0 Å². The Morgan fingerprint density at radius 1 is 0.403 bits per heavy atom. The van der Waals surface area contributed by atoms with Gasteiger partial charge in [0.15, 0.2) is 0 Å². The number of fused-ring (bicyclic) bond motifs is 6. The molecule has 0 saturated heterocycles. The maximum Gasteiger partial charge on any atom is 0.0541 e. The molecule has 1 atom stereocenters. The van der Waals surface area contributed by atoms with Crippen LogP contribution in [0.15, 0.2) is 218 Å². The second-order valence-corrected chi connectivity index (χ2v) is 17.3. The summed E-state index contributed by atoms with van der Waals surface area (Å²) in [5.41, 5.74) is 21.4. The van der Waals surface area contributed by atoms with Gasteiger partial charge in [-0.25, -0.2) is 0 Å². The second kappa shape index (κ2) is 15.2. The van der Waals surface area contributed by atoms with Gasteiger partial charge in [-0.05, 0) is 121 Å². The quantitative estimate of drug-likeness (QED) is 0.135. The smallest absolute Gasteiger partial charge is 0.0541 e. The van der Waals surface area contributed by atoms with Gasteiger partial charge in [0.2, 0.25) is 0 Å². The molecule has 296 valence electrons. The summed E-state index contributed by atoms with van der Waals surface area (Å²) in [6.07, 6.45) is 4.30. The summed E-state index contributed by atoms with van der Waals surface area (Å²) in [6, 6.07) is 78.8. The highest BCUT2D eigenvalue weighted by molar-refractivity contribution is 6.11. The number of rotatable bonds is 8. The first-order valence-corrected chi connectivity index (χ1v) is 21.8. The lowest BCUT2D eigenvalue weighted by Gasteiger charge is -2.25. The first-order valence-electron chi connectivity index (χ1n) is 21.8. The highest BCUT2D eigenvalue weighted by atomic mass is 15.0. The standard InChI is InChI=1S/C61H47N/c1-4-14-41-23-35-58-54(37-41)55-39-49(33-36-59(55)62(58)51-20-13-19-48(38-51)43-17-9-6-10-18-43)45-26-30-47(31-27-45)60(46-28-24-44(25-29-46)42-15-7-5-8-16-42)50-32-34-53-52-21-11-12-22-56(52)61(2,3)57(53)40-50/h4-40,60H,1-3H3/b14-4+. The molecule has 9 aromatic carbocycles. The molecule has 1 nitrogen and oxygen atoms in total. The van der Waals surface area contributed by atoms with E-state index in [1.165, 1.54) is 99.7 Å². The molecule has 1 heterocycles. The average molecular weight is 794 g/mol. The van der Waals surface area contributed by atoms with E-state index in [0.717, 1.165) is 5.69 Å². The lowest BCUT2D eigenvalue weighted by molar-refractivity contribution is 0.659. The van der Waals surface area contributed by atoms with E-state index in [1.54, 1.807) is 0 Å². The van der Waals surface area contributed by atoms with E-state index in [4.69, 9.17) is 0 Å². The van der Waals surface area contributed by atoms with E-state index in [9.17, 15) is 0 Å². The summed E-state index contributed by atoms with van der Waals surface area (Å²) in [6.45, 7) is 6.83. The molecule has 1 heteroatoms. The van der Waals surface area contributed by atoms with Crippen molar-refractivity contribution in [2.75, 3.05) is 0 Å². The number of nitrogens with zero attached hydrogens (tertiary/aromatic N) is 1. The Bertz CT molecular complexity index is 3290. The van der Waals surface area contributed by atoms with Crippen molar-refractivity contribution in [3.63, 3.8) is 0 Å². The summed E-state index contributed by atoms with van der Waals surface area (Å²) < 4.78 is 2.42. The number of aromatic nitrogens is 1. The maximum absolute atomic E-state index is 2.49. The van der Waals surface area contributed by atoms with Crippen LogP contribution in [0, 0.1) is 0 Å². The van der Waals surface area contributed by atoms with Crippen molar-refractivity contribution < 1.29 is 0 Å². The SMILES string of the molecule is C/C=C/c1ccc2c(c1)c1cc(-c3ccc(C(c4ccc(-c5ccccc5)cc4)c4ccc5c(c4)C(C)(C)c4ccccc4-5)cc3)ccc1n2-c1cccc(-c2ccccc2)c1. The summed E-state index contributed by atoms with van der Waals surface area (Å²) in [7, 11) is 0. The molecule has 0 N–H and O–H groups in total. The second-order valence-electron chi connectivity index (χ2n) is 17.3. The molecule has 62 heavy (non-hydrogen) atoms. The Kier molecular flexibility index (Phi) is 9.20. The topological polar surface area (TPSA) is 4.93 Å². The summed E-state index contributed by atoms with van der Waals surface area (Å²) in [4.78, 5) is 0. The fraction of sp³-hybridized carbons (Fsp3) is 0.0820. The first kappa shape index (κ1) is 37.5. The molecule has 0 fully saturated rings. The fourth-order valence-electron chi connectivity index (χ4n) is 10.1. The van der Waals surface area contributed by atoms with Crippen molar-refractivity contribution in [3.05, 3.63) is 252 Å². The third-order valence-corrected chi connectivity index (χ3v) is 13.2. The zero-order valence-corrected chi connectivity index (χ0v) is 35.4. The van der Waals surface area contributed by atoms with Gasteiger partial charge in [-0.2, -0.15) is 0 Å². The van der Waals surface area contributed by atoms with Crippen molar-refractivity contribution >= 4 is 27.9 Å². The maximum atomic E-state index is 2.49. The third kappa shape index (κ3) is 6.41. The van der Waals surface area contributed by atoms with Gasteiger partial charge in [0.05, 0.1) is 11.0 Å². The van der Waals surface area contributed by atoms with Crippen molar-refractivity contribution in [3.8, 4) is 50.2 Å². The molecule has 1 aromatic heterocycles. The lowest BCUT2D eigenvalue weighted by Crippen LogP contribution is -2.15. The van der Waals surface area contributed by atoms with Gasteiger partial charge in [0, 0.05) is 27.8 Å². The van der Waals surface area contributed by atoms with Gasteiger partial charge >= 0.3 is 0 Å². The van der Waals surface area contributed by atoms with Gasteiger partial charge in [-0.3, -0.25) is 0 Å². The fourth-order valence-corrected chi connectivity index (χ4v) is 10.1. The summed E-state index contributed by atoms with van der Waals surface area (Å²) in [5.74, 6) is 0.0656. The van der Waals surface area contributed by atoms with Crippen LogP contribution in [-0.2, 0) is 5.41 Å². The van der Waals surface area contributed by atoms with Gasteiger partial charge in [-0.1, -0.05) is 202 Å². The molecule has 11 rings (SSSR count). The molecule has 10 aromatic rings. The van der Waals surface area contributed by atoms with Crippen LogP contribution in [-0.4, -0.2) is 4.57 Å². The van der Waals surface area contributed by atoms with Crippen LogP contribution >= 0.6 is 0 Å². The van der Waals surface area contributed by atoms with Crippen LogP contribution in [0.3, 0.4) is 0 Å². The van der Waals surface area contributed by atoms with Crippen molar-refractivity contribution in [2.45, 2.75) is 32.1 Å². The van der Waals surface area contributed by atoms with Crippen molar-refractivity contribution in [2.24, 2.45) is 0 Å². The van der Waals surface area contributed by atoms with Crippen molar-refractivity contribution in [1.82, 2.24) is 4.57 Å². The van der Waals surface area contributed by atoms with Crippen LogP contribution in [0.1, 0.15) is 60.1 Å². The number of allylic oxidation sites excluding steroid dienone is 1. The van der Waals surface area contributed by atoms with E-state index < -0.39 is 0 Å². The van der Waals surface area contributed by atoms with Gasteiger partial charge in [-0.15, -0.1) is 0 Å². The molecular weight excluding hydrogens is 747 g/mol. The first-order chi connectivity index (χ1) is 30.4. The minimum absolute atomic E-state index is 0.0656. The summed E-state index contributed by atoms with van der Waals surface area (Å²) in [5, 5.41) is 2.50. The highest BCUT2D eigenvalue weighted by Gasteiger charge is 2.36. The van der Waals surface area contributed by atoms with Crippen LogP contribution in [0.5, 0.6) is 0 Å². The number of hydrogen-bond donors (Lipinski definition) is 0. The molecule has 0 amide bonds. The average Bonchev–Trinajstić information content (AvgIpc) is 3.77. The van der Waals surface area contributed by atoms with Gasteiger partial charge in [0.1, 0.15) is 0 Å². The van der Waals surface area contributed by atoms with E-state index in [1.807, 2.05) is 0 Å². The predicted octanol–water partition coefficient (Wildman–Crippen LogP) is 16.3. The Labute approximate surface area is 364 Å². The van der Waals surface area contributed by atoms with Gasteiger partial charge < -0.3 is 4.57 Å². The van der Waals surface area contributed by atoms with E-state index in [0.29, 0.717) is 0 Å². The monoisotopic (exact) mass is 793 g/mol. The Morgan fingerprint density at radius 3 is 1.61 bits per heavy atom. The van der Waals surface area contributed by atoms with Crippen LogP contribution in [0.25, 0.3) is 78.1 Å². The largest absolute Gasteiger partial charge is 0.309 e. The zero-order chi connectivity index (χ0) is 41.8. The Hall–Kier alpha value is -7.48. The van der Waals surface area contributed by atoms with E-state index in [2.05, 4.69) is 250 Å². The zero-order valence-electron chi connectivity index (χ0n) is 35.4. The Morgan fingerprint density at radius 2 is 0.919 bits per heavy atom. The normalized spacial score (nSPS) is 13.4. The van der Waals surface area contributed by atoms with E-state index >= 15 is 0 Å². The number of hydrogen-bond acceptors (Lipinski definition) is 0. The molecule has 0 spiro atoms. The van der Waals surface area contributed by atoms with Crippen LogP contribution in [0.2, 0.25) is 0 Å². The molecular formula is C61H47N. The van der Waals surface area contributed by atoms with Crippen LogP contribution in [0.4, 0.5) is 0 Å². The molecule has 0 bridgehead atoms. The molecule has 0 aliphatic heterocycles. The third-order valence-electron chi connectivity index (χ3n) is 13.2. The minimum atomic E-state index is -0.0758. The highest BCUT2D eigenvalue weighted by Crippen LogP contribution is 2.50. The molecule has 1 aliphatic carbocycles. The van der Waals surface area contributed by atoms with Crippen molar-refractivity contribution in [1.29, 1.82) is 0 Å². The van der Waals surface area contributed by atoms with Gasteiger partial charge in [0.25, 0.3) is 0 Å².